The monoisotopic (exact) mass is 361 g/mol. The highest BCUT2D eigenvalue weighted by Crippen LogP contribution is 2.23. The topological polar surface area (TPSA) is 81.7 Å². The average Bonchev–Trinajstić information content (AvgIpc) is 2.65. The first kappa shape index (κ1) is 18.7. The number of hydrogen-bond acceptors (Lipinski definition) is 5. The second-order valence-corrected chi connectivity index (χ2v) is 6.96. The van der Waals surface area contributed by atoms with Gasteiger partial charge >= 0.3 is 0 Å². The van der Waals surface area contributed by atoms with E-state index in [1.54, 1.807) is 38.5 Å². The van der Waals surface area contributed by atoms with Crippen molar-refractivity contribution in [3.8, 4) is 11.5 Å². The molecule has 6 nitrogen and oxygen atoms in total. The second-order valence-electron chi connectivity index (χ2n) is 5.08. The number of allylic oxidation sites excluding steroid dienone is 1. The fourth-order valence-electron chi connectivity index (χ4n) is 2.11. The molecular weight excluding hydrogens is 342 g/mol. The first-order valence-electron chi connectivity index (χ1n) is 7.38. The summed E-state index contributed by atoms with van der Waals surface area (Å²) in [6, 6.07) is 11.0. The van der Waals surface area contributed by atoms with Gasteiger partial charge < -0.3 is 9.47 Å². The van der Waals surface area contributed by atoms with Gasteiger partial charge in [0.2, 0.25) is 10.0 Å². The number of carbonyl (C=O) groups is 1. The third-order valence-electron chi connectivity index (χ3n) is 3.52. The van der Waals surface area contributed by atoms with E-state index >= 15 is 0 Å². The normalized spacial score (nSPS) is 11.5. The fraction of sp³-hybridized carbons (Fsp3) is 0.167. The lowest BCUT2D eigenvalue weighted by Crippen LogP contribution is -2.18. The molecule has 2 rings (SSSR count). The van der Waals surface area contributed by atoms with Gasteiger partial charge in [0.1, 0.15) is 11.5 Å². The molecule has 0 spiro atoms. The smallest absolute Gasteiger partial charge is 0.240 e. The highest BCUT2D eigenvalue weighted by atomic mass is 32.2. The molecule has 1 N–H and O–H groups in total. The van der Waals surface area contributed by atoms with Gasteiger partial charge in [0.15, 0.2) is 5.78 Å². The summed E-state index contributed by atoms with van der Waals surface area (Å²) in [5.41, 5.74) is 1.14. The first-order chi connectivity index (χ1) is 11.9. The van der Waals surface area contributed by atoms with Crippen LogP contribution in [-0.4, -0.2) is 35.5 Å². The van der Waals surface area contributed by atoms with Gasteiger partial charge in [0.05, 0.1) is 19.1 Å². The lowest BCUT2D eigenvalue weighted by atomic mass is 10.1. The minimum Gasteiger partial charge on any atom is -0.497 e. The maximum absolute atomic E-state index is 12.2. The Bertz CT molecular complexity index is 864. The molecule has 2 aromatic rings. The third-order valence-corrected chi connectivity index (χ3v) is 4.95. The summed E-state index contributed by atoms with van der Waals surface area (Å²) in [4.78, 5) is 12.3. The van der Waals surface area contributed by atoms with Crippen LogP contribution in [0.1, 0.15) is 15.9 Å². The Balaban J connectivity index is 2.21. The van der Waals surface area contributed by atoms with E-state index in [9.17, 15) is 13.2 Å². The summed E-state index contributed by atoms with van der Waals surface area (Å²) in [5.74, 6) is 0.997. The molecule has 0 fully saturated rings. The van der Waals surface area contributed by atoms with E-state index in [4.69, 9.17) is 9.47 Å². The Kier molecular flexibility index (Phi) is 5.95. The fourth-order valence-corrected chi connectivity index (χ4v) is 2.84. The van der Waals surface area contributed by atoms with Crippen molar-refractivity contribution < 1.29 is 22.7 Å². The predicted molar refractivity (Wildman–Crippen MR) is 95.6 cm³/mol. The number of benzene rings is 2. The van der Waals surface area contributed by atoms with E-state index in [0.717, 1.165) is 5.56 Å². The molecule has 0 radical (unpaired) electrons. The van der Waals surface area contributed by atoms with Crippen LogP contribution in [0.25, 0.3) is 6.08 Å². The van der Waals surface area contributed by atoms with Gasteiger partial charge in [-0.15, -0.1) is 0 Å². The van der Waals surface area contributed by atoms with E-state index in [-0.39, 0.29) is 10.7 Å². The minimum atomic E-state index is -3.52. The number of carbonyl (C=O) groups excluding carboxylic acids is 1. The van der Waals surface area contributed by atoms with Crippen LogP contribution in [-0.2, 0) is 10.0 Å². The van der Waals surface area contributed by atoms with Crippen LogP contribution in [0.4, 0.5) is 0 Å². The molecule has 0 aromatic heterocycles. The van der Waals surface area contributed by atoms with Gasteiger partial charge in [-0.05, 0) is 55.1 Å². The first-order valence-corrected chi connectivity index (χ1v) is 8.87. The van der Waals surface area contributed by atoms with Crippen LogP contribution in [0.2, 0.25) is 0 Å². The highest BCUT2D eigenvalue weighted by Gasteiger charge is 2.11. The van der Waals surface area contributed by atoms with Gasteiger partial charge in [-0.25, -0.2) is 13.1 Å². The Morgan fingerprint density at radius 2 is 1.56 bits per heavy atom. The molecule has 0 heterocycles. The minimum absolute atomic E-state index is 0.105. The predicted octanol–water partition coefficient (Wildman–Crippen LogP) is 2.51. The Labute approximate surface area is 147 Å². The van der Waals surface area contributed by atoms with E-state index in [1.165, 1.54) is 37.4 Å². The summed E-state index contributed by atoms with van der Waals surface area (Å²) >= 11 is 0. The van der Waals surface area contributed by atoms with Crippen molar-refractivity contribution in [2.24, 2.45) is 0 Å². The molecule has 0 unspecified atom stereocenters. The highest BCUT2D eigenvalue weighted by molar-refractivity contribution is 7.89. The van der Waals surface area contributed by atoms with Crippen LogP contribution < -0.4 is 14.2 Å². The molecule has 0 amide bonds. The van der Waals surface area contributed by atoms with Gasteiger partial charge in [0.25, 0.3) is 0 Å². The molecule has 7 heteroatoms. The number of nitrogens with one attached hydrogen (secondary N) is 1. The lowest BCUT2D eigenvalue weighted by Gasteiger charge is -2.06. The van der Waals surface area contributed by atoms with Crippen LogP contribution in [0.15, 0.2) is 53.4 Å². The zero-order valence-electron chi connectivity index (χ0n) is 14.1. The summed E-state index contributed by atoms with van der Waals surface area (Å²) in [6.07, 6.45) is 3.06. The maximum Gasteiger partial charge on any atom is 0.240 e. The average molecular weight is 361 g/mol. The molecule has 0 atom stereocenters. The number of hydrogen-bond donors (Lipinski definition) is 1. The van der Waals surface area contributed by atoms with E-state index < -0.39 is 10.0 Å². The number of ketones is 1. The number of ether oxygens (including phenoxy) is 2. The van der Waals surface area contributed by atoms with E-state index in [1.807, 2.05) is 0 Å². The summed E-state index contributed by atoms with van der Waals surface area (Å²) in [7, 11) is 0.914. The van der Waals surface area contributed by atoms with Gasteiger partial charge in [-0.3, -0.25) is 4.79 Å². The molecular formula is C18H19NO5S. The molecule has 0 bridgehead atoms. The molecule has 132 valence electrons. The Morgan fingerprint density at radius 1 is 1.00 bits per heavy atom. The Hall–Kier alpha value is -2.64. The molecule has 25 heavy (non-hydrogen) atoms. The number of rotatable bonds is 7. The SMILES string of the molecule is CNS(=O)(=O)c1ccc(C(=O)/C=C/c2cc(OC)cc(OC)c2)cc1. The maximum atomic E-state index is 12.2. The summed E-state index contributed by atoms with van der Waals surface area (Å²) in [6.45, 7) is 0. The summed E-state index contributed by atoms with van der Waals surface area (Å²) in [5, 5.41) is 0. The molecule has 0 aliphatic carbocycles. The summed E-state index contributed by atoms with van der Waals surface area (Å²) < 4.78 is 35.9. The van der Waals surface area contributed by atoms with E-state index in [2.05, 4.69) is 4.72 Å². The van der Waals surface area contributed by atoms with Crippen molar-refractivity contribution in [3.05, 3.63) is 59.7 Å². The second kappa shape index (κ2) is 7.96. The van der Waals surface area contributed by atoms with Crippen LogP contribution >= 0.6 is 0 Å². The zero-order valence-corrected chi connectivity index (χ0v) is 15.0. The van der Waals surface area contributed by atoms with Crippen molar-refractivity contribution >= 4 is 21.9 Å². The van der Waals surface area contributed by atoms with Crippen molar-refractivity contribution in [2.45, 2.75) is 4.90 Å². The molecule has 0 aliphatic rings. The van der Waals surface area contributed by atoms with Crippen molar-refractivity contribution in [2.75, 3.05) is 21.3 Å². The standard InChI is InChI=1S/C18H19NO5S/c1-19-25(21,22)17-7-5-14(6-8-17)18(20)9-4-13-10-15(23-2)12-16(11-13)24-3/h4-12,19H,1-3H3/b9-4+. The third kappa shape index (κ3) is 4.68. The van der Waals surface area contributed by atoms with Gasteiger partial charge in [-0.2, -0.15) is 0 Å². The number of sulfonamides is 1. The largest absolute Gasteiger partial charge is 0.497 e. The molecule has 2 aromatic carbocycles. The number of methoxy groups -OCH3 is 2. The van der Waals surface area contributed by atoms with Gasteiger partial charge in [0, 0.05) is 11.6 Å². The quantitative estimate of drug-likeness (QED) is 0.605. The van der Waals surface area contributed by atoms with Crippen molar-refractivity contribution in [3.63, 3.8) is 0 Å². The van der Waals surface area contributed by atoms with Crippen molar-refractivity contribution in [1.82, 2.24) is 4.72 Å². The van der Waals surface area contributed by atoms with Crippen molar-refractivity contribution in [1.29, 1.82) is 0 Å². The van der Waals surface area contributed by atoms with Crippen LogP contribution in [0, 0.1) is 0 Å². The molecule has 0 saturated carbocycles. The van der Waals surface area contributed by atoms with E-state index in [0.29, 0.717) is 17.1 Å². The van der Waals surface area contributed by atoms with Gasteiger partial charge in [-0.1, -0.05) is 6.08 Å². The molecule has 0 saturated heterocycles. The zero-order chi connectivity index (χ0) is 18.4. The molecule has 0 aliphatic heterocycles. The lowest BCUT2D eigenvalue weighted by molar-refractivity contribution is 0.104. The van der Waals surface area contributed by atoms with Crippen LogP contribution in [0.5, 0.6) is 11.5 Å². The Morgan fingerprint density at radius 3 is 2.04 bits per heavy atom. The van der Waals surface area contributed by atoms with Crippen LogP contribution in [0.3, 0.4) is 0 Å².